The topological polar surface area (TPSA) is 75.7 Å². The molecule has 0 aliphatic carbocycles. The van der Waals surface area contributed by atoms with Gasteiger partial charge in [0.15, 0.2) is 0 Å². The number of carbonyl (C=O) groups is 2. The van der Waals surface area contributed by atoms with Gasteiger partial charge < -0.3 is 4.74 Å². The largest absolute Gasteiger partial charge is 0.466 e. The number of fused-ring (bicyclic) bond motifs is 1. The first kappa shape index (κ1) is 30.4. The number of anilines is 1. The fourth-order valence-corrected chi connectivity index (χ4v) is 6.80. The number of hydrogen-bond donors (Lipinski definition) is 1. The molecule has 0 fully saturated rings. The summed E-state index contributed by atoms with van der Waals surface area (Å²) >= 11 is 0. The molecule has 0 unspecified atom stereocenters. The van der Waals surface area contributed by atoms with Crippen LogP contribution in [0.3, 0.4) is 0 Å². The van der Waals surface area contributed by atoms with E-state index in [1.54, 1.807) is 11.8 Å². The van der Waals surface area contributed by atoms with Crippen molar-refractivity contribution in [1.82, 2.24) is 4.72 Å². The molecule has 43 heavy (non-hydrogen) atoms. The number of rotatable bonds is 9. The van der Waals surface area contributed by atoms with Crippen molar-refractivity contribution in [3.8, 4) is 0 Å². The van der Waals surface area contributed by atoms with Crippen LogP contribution in [0.25, 0.3) is 0 Å². The molecule has 0 saturated heterocycles. The molecule has 1 aliphatic heterocycles. The second-order valence-corrected chi connectivity index (χ2v) is 13.8. The number of hydrogen-bond acceptors (Lipinski definition) is 4. The zero-order valence-corrected chi connectivity index (χ0v) is 26.1. The summed E-state index contributed by atoms with van der Waals surface area (Å²) < 4.78 is 21.7. The summed E-state index contributed by atoms with van der Waals surface area (Å²) in [5.74, 6) is -0.927. The highest BCUT2D eigenvalue weighted by atomic mass is 32.2. The molecule has 2 atom stereocenters. The average molecular weight is 595 g/mol. The molecule has 1 aliphatic rings. The van der Waals surface area contributed by atoms with E-state index >= 15 is 4.79 Å². The smallest absolute Gasteiger partial charge is 0.308 e. The average Bonchev–Trinajstić information content (AvgIpc) is 3.22. The van der Waals surface area contributed by atoms with Crippen molar-refractivity contribution in [2.24, 2.45) is 0 Å². The molecule has 6 nitrogen and oxygen atoms in total. The highest BCUT2D eigenvalue weighted by molar-refractivity contribution is 7.84. The fourth-order valence-electron chi connectivity index (χ4n) is 5.91. The molecule has 0 radical (unpaired) electrons. The van der Waals surface area contributed by atoms with Crippen LogP contribution in [0.15, 0.2) is 109 Å². The zero-order valence-electron chi connectivity index (χ0n) is 25.3. The summed E-state index contributed by atoms with van der Waals surface area (Å²) in [6.45, 7) is 9.36. The van der Waals surface area contributed by atoms with Gasteiger partial charge in [0.25, 0.3) is 5.91 Å². The Hall–Kier alpha value is -4.07. The zero-order chi connectivity index (χ0) is 30.8. The van der Waals surface area contributed by atoms with Gasteiger partial charge in [-0.3, -0.25) is 14.5 Å². The van der Waals surface area contributed by atoms with E-state index in [-0.39, 0.29) is 18.9 Å². The van der Waals surface area contributed by atoms with Crippen LogP contribution in [-0.2, 0) is 36.4 Å². The molecule has 1 amide bonds. The molecule has 0 bridgehead atoms. The molecule has 0 saturated carbocycles. The Morgan fingerprint density at radius 1 is 0.837 bits per heavy atom. The monoisotopic (exact) mass is 594 g/mol. The molecule has 222 valence electrons. The molecule has 0 spiro atoms. The Morgan fingerprint density at radius 2 is 1.33 bits per heavy atom. The number of ether oxygens (including phenoxy) is 1. The Balaban J connectivity index is 1.90. The predicted molar refractivity (Wildman–Crippen MR) is 172 cm³/mol. The molecular weight excluding hydrogens is 556 g/mol. The molecule has 0 aromatic heterocycles. The number of nitrogens with zero attached hydrogens (tertiary/aromatic N) is 1. The van der Waals surface area contributed by atoms with E-state index in [4.69, 9.17) is 4.74 Å². The van der Waals surface area contributed by atoms with Gasteiger partial charge in [0.05, 0.1) is 34.4 Å². The fraction of sp³-hybridized carbons (Fsp3) is 0.278. The van der Waals surface area contributed by atoms with Crippen LogP contribution in [0.5, 0.6) is 0 Å². The Labute approximate surface area is 256 Å². The third-order valence-electron chi connectivity index (χ3n) is 7.87. The van der Waals surface area contributed by atoms with Crippen molar-refractivity contribution in [2.75, 3.05) is 11.5 Å². The third-order valence-corrected chi connectivity index (χ3v) is 9.52. The van der Waals surface area contributed by atoms with Gasteiger partial charge in [-0.1, -0.05) is 109 Å². The first-order valence-electron chi connectivity index (χ1n) is 14.5. The SMILES string of the molecule is CCOC(=O)C[C@@]1(N[S@](=O)C(C)(C)C)C(=O)N(C(c2ccccc2)(c2ccccc2)c2ccccc2)c2ccc(C)cc21. The van der Waals surface area contributed by atoms with E-state index in [0.717, 1.165) is 22.3 Å². The number of carbonyl (C=O) groups excluding carboxylic acids is 2. The van der Waals surface area contributed by atoms with Crippen LogP contribution in [0, 0.1) is 6.92 Å². The van der Waals surface area contributed by atoms with Crippen molar-refractivity contribution >= 4 is 28.5 Å². The number of benzene rings is 4. The highest BCUT2D eigenvalue weighted by Gasteiger charge is 2.60. The van der Waals surface area contributed by atoms with Crippen molar-refractivity contribution in [3.63, 3.8) is 0 Å². The lowest BCUT2D eigenvalue weighted by Crippen LogP contribution is -2.59. The summed E-state index contributed by atoms with van der Waals surface area (Å²) in [6, 6.07) is 35.6. The van der Waals surface area contributed by atoms with Gasteiger partial charge in [-0.2, -0.15) is 0 Å². The maximum Gasteiger partial charge on any atom is 0.308 e. The van der Waals surface area contributed by atoms with Crippen molar-refractivity contribution in [1.29, 1.82) is 0 Å². The standard InChI is InChI=1S/C36H38N2O4S/c1-6-42-32(39)25-35(37-43(41)34(3,4)5)30-24-26(2)22-23-31(30)38(33(35)40)36(27-16-10-7-11-17-27,28-18-12-8-13-19-28)29-20-14-9-15-21-29/h7-24,37H,6,25H2,1-5H3/t35-,43+/m0/s1. The number of aryl methyl sites for hydroxylation is 1. The molecule has 4 aromatic rings. The lowest BCUT2D eigenvalue weighted by molar-refractivity contribution is -0.147. The van der Waals surface area contributed by atoms with Gasteiger partial charge in [0, 0.05) is 5.56 Å². The maximum atomic E-state index is 15.5. The van der Waals surface area contributed by atoms with Gasteiger partial charge in [-0.25, -0.2) is 8.93 Å². The lowest BCUT2D eigenvalue weighted by atomic mass is 9.75. The number of nitrogens with one attached hydrogen (secondary N) is 1. The summed E-state index contributed by atoms with van der Waals surface area (Å²) in [5, 5.41) is 0. The second kappa shape index (κ2) is 11.9. The van der Waals surface area contributed by atoms with E-state index in [0.29, 0.717) is 11.3 Å². The molecule has 5 rings (SSSR count). The van der Waals surface area contributed by atoms with Gasteiger partial charge in [-0.05, 0) is 57.4 Å². The highest BCUT2D eigenvalue weighted by Crippen LogP contribution is 2.53. The summed E-state index contributed by atoms with van der Waals surface area (Å²) in [5.41, 5.74) is 1.98. The molecule has 1 N–H and O–H groups in total. The minimum absolute atomic E-state index is 0.165. The second-order valence-electron chi connectivity index (χ2n) is 11.8. The van der Waals surface area contributed by atoms with Crippen LogP contribution in [0.1, 0.15) is 61.9 Å². The van der Waals surface area contributed by atoms with E-state index < -0.39 is 32.8 Å². The molecule has 1 heterocycles. The van der Waals surface area contributed by atoms with Gasteiger partial charge in [0.1, 0.15) is 11.1 Å². The number of amides is 1. The molecular formula is C36H38N2O4S. The Bertz CT molecular complexity index is 1540. The van der Waals surface area contributed by atoms with Crippen molar-refractivity contribution in [3.05, 3.63) is 137 Å². The first-order chi connectivity index (χ1) is 20.6. The van der Waals surface area contributed by atoms with Crippen LogP contribution in [0.4, 0.5) is 5.69 Å². The lowest BCUT2D eigenvalue weighted by Gasteiger charge is -2.45. The van der Waals surface area contributed by atoms with Gasteiger partial charge in [0.2, 0.25) is 0 Å². The van der Waals surface area contributed by atoms with Crippen LogP contribution < -0.4 is 9.62 Å². The first-order valence-corrected chi connectivity index (χ1v) is 15.7. The van der Waals surface area contributed by atoms with Gasteiger partial charge in [-0.15, -0.1) is 0 Å². The molecule has 4 aromatic carbocycles. The minimum Gasteiger partial charge on any atom is -0.466 e. The van der Waals surface area contributed by atoms with Crippen LogP contribution >= 0.6 is 0 Å². The maximum absolute atomic E-state index is 15.5. The minimum atomic E-state index is -1.70. The number of esters is 1. The predicted octanol–water partition coefficient (Wildman–Crippen LogP) is 6.53. The third kappa shape index (κ3) is 5.32. The van der Waals surface area contributed by atoms with Crippen molar-refractivity contribution in [2.45, 2.75) is 56.9 Å². The van der Waals surface area contributed by atoms with Gasteiger partial charge >= 0.3 is 5.97 Å². The summed E-state index contributed by atoms with van der Waals surface area (Å²) in [6.07, 6.45) is -0.317. The summed E-state index contributed by atoms with van der Waals surface area (Å²) in [4.78, 5) is 30.6. The van der Waals surface area contributed by atoms with E-state index in [1.165, 1.54) is 0 Å². The van der Waals surface area contributed by atoms with Crippen molar-refractivity contribution < 1.29 is 18.5 Å². The quantitative estimate of drug-likeness (QED) is 0.177. The van der Waals surface area contributed by atoms with Crippen LogP contribution in [-0.4, -0.2) is 27.4 Å². The normalized spacial score (nSPS) is 17.4. The molecule has 7 heteroatoms. The Morgan fingerprint density at radius 3 is 1.77 bits per heavy atom. The van der Waals surface area contributed by atoms with E-state index in [1.807, 2.05) is 137 Å². The Kier molecular flexibility index (Phi) is 8.41. The van der Waals surface area contributed by atoms with Crippen LogP contribution in [0.2, 0.25) is 0 Å². The van der Waals surface area contributed by atoms with E-state index in [9.17, 15) is 9.00 Å². The summed E-state index contributed by atoms with van der Waals surface area (Å²) in [7, 11) is -1.70. The van der Waals surface area contributed by atoms with E-state index in [2.05, 4.69) is 4.72 Å².